The molecule has 0 aliphatic heterocycles. The lowest BCUT2D eigenvalue weighted by Gasteiger charge is -2.01. The normalized spacial score (nSPS) is 10.3. The van der Waals surface area contributed by atoms with Crippen LogP contribution in [0.3, 0.4) is 0 Å². The van der Waals surface area contributed by atoms with Crippen molar-refractivity contribution < 1.29 is 4.79 Å². The van der Waals surface area contributed by atoms with Crippen molar-refractivity contribution >= 4 is 39.7 Å². The number of carbonyl (C=O) groups is 1. The molecular formula is C13H11N5OS2. The fraction of sp³-hybridized carbons (Fsp3) is 0.0769. The lowest BCUT2D eigenvalue weighted by atomic mass is 10.3. The molecule has 0 aromatic carbocycles. The summed E-state index contributed by atoms with van der Waals surface area (Å²) in [4.78, 5) is 24.3. The minimum Gasteiger partial charge on any atom is -0.291 e. The molecule has 0 atom stereocenters. The Bertz CT molecular complexity index is 753. The van der Waals surface area contributed by atoms with Crippen LogP contribution in [-0.2, 0) is 0 Å². The smallest absolute Gasteiger partial charge is 0.291 e. The van der Waals surface area contributed by atoms with Gasteiger partial charge in [0.15, 0.2) is 5.13 Å². The molecule has 2 N–H and O–H groups in total. The summed E-state index contributed by atoms with van der Waals surface area (Å²) in [6.07, 6.45) is 3.42. The average molecular weight is 317 g/mol. The maximum Gasteiger partial charge on any atom is 0.326 e. The minimum atomic E-state index is -0.351. The second-order valence-electron chi connectivity index (χ2n) is 4.15. The van der Waals surface area contributed by atoms with Crippen molar-refractivity contribution in [3.8, 4) is 10.6 Å². The summed E-state index contributed by atoms with van der Waals surface area (Å²) in [5.74, 6) is 0.512. The molecule has 0 fully saturated rings. The van der Waals surface area contributed by atoms with E-state index >= 15 is 0 Å². The van der Waals surface area contributed by atoms with Gasteiger partial charge in [0.25, 0.3) is 0 Å². The number of aryl methyl sites for hydroxylation is 1. The van der Waals surface area contributed by atoms with Crippen molar-refractivity contribution in [3.63, 3.8) is 0 Å². The highest BCUT2D eigenvalue weighted by atomic mass is 32.1. The van der Waals surface area contributed by atoms with Crippen LogP contribution in [0.4, 0.5) is 15.7 Å². The van der Waals surface area contributed by atoms with Crippen LogP contribution >= 0.6 is 22.7 Å². The van der Waals surface area contributed by atoms with Crippen molar-refractivity contribution in [1.29, 1.82) is 0 Å². The predicted octanol–water partition coefficient (Wildman–Crippen LogP) is 3.61. The summed E-state index contributed by atoms with van der Waals surface area (Å²) in [7, 11) is 0. The highest BCUT2D eigenvalue weighted by molar-refractivity contribution is 7.14. The van der Waals surface area contributed by atoms with Gasteiger partial charge >= 0.3 is 6.03 Å². The van der Waals surface area contributed by atoms with Crippen molar-refractivity contribution in [2.75, 3.05) is 10.6 Å². The number of anilines is 2. The van der Waals surface area contributed by atoms with Gasteiger partial charge < -0.3 is 0 Å². The van der Waals surface area contributed by atoms with E-state index in [2.05, 4.69) is 25.6 Å². The van der Waals surface area contributed by atoms with Gasteiger partial charge in [-0.25, -0.2) is 14.8 Å². The topological polar surface area (TPSA) is 79.8 Å². The Balaban J connectivity index is 1.66. The number of nitrogens with zero attached hydrogens (tertiary/aromatic N) is 3. The minimum absolute atomic E-state index is 0.351. The lowest BCUT2D eigenvalue weighted by molar-refractivity contribution is 0.262. The number of aromatic nitrogens is 3. The summed E-state index contributed by atoms with van der Waals surface area (Å²) in [5.41, 5.74) is 1.85. The number of pyridine rings is 1. The Morgan fingerprint density at radius 1 is 1.10 bits per heavy atom. The Labute approximate surface area is 128 Å². The Morgan fingerprint density at radius 2 is 1.90 bits per heavy atom. The molecule has 0 spiro atoms. The number of nitrogens with one attached hydrogen (secondary N) is 2. The highest BCUT2D eigenvalue weighted by Crippen LogP contribution is 2.25. The molecule has 0 radical (unpaired) electrons. The first-order valence-electron chi connectivity index (χ1n) is 6.07. The van der Waals surface area contributed by atoms with Crippen LogP contribution in [-0.4, -0.2) is 21.0 Å². The van der Waals surface area contributed by atoms with Crippen molar-refractivity contribution in [1.82, 2.24) is 15.0 Å². The Hall–Kier alpha value is -2.32. The van der Waals surface area contributed by atoms with Crippen molar-refractivity contribution in [2.45, 2.75) is 6.92 Å². The van der Waals surface area contributed by atoms with Gasteiger partial charge in [-0.3, -0.25) is 15.6 Å². The maximum absolute atomic E-state index is 11.8. The van der Waals surface area contributed by atoms with Gasteiger partial charge in [0, 0.05) is 28.7 Å². The molecule has 21 heavy (non-hydrogen) atoms. The monoisotopic (exact) mass is 317 g/mol. The van der Waals surface area contributed by atoms with E-state index in [4.69, 9.17) is 0 Å². The number of urea groups is 1. The molecule has 6 nitrogen and oxygen atoms in total. The summed E-state index contributed by atoms with van der Waals surface area (Å²) >= 11 is 2.84. The van der Waals surface area contributed by atoms with E-state index in [1.54, 1.807) is 17.8 Å². The van der Waals surface area contributed by atoms with Crippen LogP contribution in [0.25, 0.3) is 10.6 Å². The van der Waals surface area contributed by atoms with Crippen LogP contribution in [0.5, 0.6) is 0 Å². The first-order valence-corrected chi connectivity index (χ1v) is 7.83. The van der Waals surface area contributed by atoms with Gasteiger partial charge in [0.2, 0.25) is 0 Å². The third-order valence-corrected chi connectivity index (χ3v) is 4.28. The van der Waals surface area contributed by atoms with Gasteiger partial charge in [-0.1, -0.05) is 0 Å². The first-order chi connectivity index (χ1) is 10.2. The molecule has 3 aromatic rings. The lowest BCUT2D eigenvalue weighted by Crippen LogP contribution is -2.19. The summed E-state index contributed by atoms with van der Waals surface area (Å²) in [6.45, 7) is 1.88. The largest absolute Gasteiger partial charge is 0.326 e. The number of hydrogen-bond acceptors (Lipinski definition) is 6. The Morgan fingerprint density at radius 3 is 2.62 bits per heavy atom. The fourth-order valence-corrected chi connectivity index (χ4v) is 3.06. The zero-order valence-electron chi connectivity index (χ0n) is 11.0. The zero-order valence-corrected chi connectivity index (χ0v) is 12.7. The maximum atomic E-state index is 11.8. The van der Waals surface area contributed by atoms with E-state index in [-0.39, 0.29) is 6.03 Å². The number of amides is 2. The van der Waals surface area contributed by atoms with E-state index < -0.39 is 0 Å². The molecule has 0 aliphatic carbocycles. The second-order valence-corrected chi connectivity index (χ2v) is 5.86. The number of rotatable bonds is 3. The molecule has 0 unspecified atom stereocenters. The van der Waals surface area contributed by atoms with E-state index in [0.29, 0.717) is 10.9 Å². The molecule has 3 aromatic heterocycles. The first kappa shape index (κ1) is 13.7. The van der Waals surface area contributed by atoms with E-state index in [1.807, 2.05) is 24.4 Å². The van der Waals surface area contributed by atoms with Crippen LogP contribution in [0.2, 0.25) is 0 Å². The quantitative estimate of drug-likeness (QED) is 0.773. The van der Waals surface area contributed by atoms with Crippen LogP contribution in [0.15, 0.2) is 35.3 Å². The van der Waals surface area contributed by atoms with Crippen molar-refractivity contribution in [2.24, 2.45) is 0 Å². The van der Waals surface area contributed by atoms with E-state index in [0.717, 1.165) is 16.3 Å². The van der Waals surface area contributed by atoms with Gasteiger partial charge in [-0.05, 0) is 19.1 Å². The third kappa shape index (κ3) is 3.41. The summed E-state index contributed by atoms with van der Waals surface area (Å²) in [5, 5.41) is 10.4. The molecule has 0 aliphatic rings. The fourth-order valence-electron chi connectivity index (χ4n) is 1.61. The molecule has 0 bridgehead atoms. The van der Waals surface area contributed by atoms with Gasteiger partial charge in [-0.15, -0.1) is 22.7 Å². The SMILES string of the molecule is Cc1csc(NC(=O)Nc2csc(-c3ccncc3)n2)n1. The molecule has 0 saturated heterocycles. The molecule has 106 valence electrons. The predicted molar refractivity (Wildman–Crippen MR) is 84.8 cm³/mol. The van der Waals surface area contributed by atoms with Crippen molar-refractivity contribution in [3.05, 3.63) is 41.0 Å². The highest BCUT2D eigenvalue weighted by Gasteiger charge is 2.09. The molecule has 2 amide bonds. The van der Waals surface area contributed by atoms with Gasteiger partial charge in [0.1, 0.15) is 10.8 Å². The van der Waals surface area contributed by atoms with Crippen LogP contribution < -0.4 is 10.6 Å². The third-order valence-electron chi connectivity index (χ3n) is 2.51. The van der Waals surface area contributed by atoms with Crippen LogP contribution in [0.1, 0.15) is 5.69 Å². The molecule has 8 heteroatoms. The number of thiazole rings is 2. The molecule has 0 saturated carbocycles. The van der Waals surface area contributed by atoms with Crippen LogP contribution in [0, 0.1) is 6.92 Å². The van der Waals surface area contributed by atoms with Gasteiger partial charge in [-0.2, -0.15) is 0 Å². The molecule has 3 heterocycles. The molecule has 3 rings (SSSR count). The second kappa shape index (κ2) is 5.98. The van der Waals surface area contributed by atoms with E-state index in [1.165, 1.54) is 22.7 Å². The number of hydrogen-bond donors (Lipinski definition) is 2. The summed E-state index contributed by atoms with van der Waals surface area (Å²) in [6, 6.07) is 3.40. The average Bonchev–Trinajstić information content (AvgIpc) is 3.09. The molecular weight excluding hydrogens is 306 g/mol. The summed E-state index contributed by atoms with van der Waals surface area (Å²) < 4.78 is 0. The zero-order chi connectivity index (χ0) is 14.7. The van der Waals surface area contributed by atoms with E-state index in [9.17, 15) is 4.79 Å². The van der Waals surface area contributed by atoms with Gasteiger partial charge in [0.05, 0.1) is 5.69 Å². The Kier molecular flexibility index (Phi) is 3.89. The standard InChI is InChI=1S/C13H11N5OS2/c1-8-6-21-13(15-8)18-12(19)17-10-7-20-11(16-10)9-2-4-14-5-3-9/h2-7H,1H3,(H2,15,17,18,19). The number of carbonyl (C=O) groups excluding carboxylic acids is 1.